The summed E-state index contributed by atoms with van der Waals surface area (Å²) in [6.45, 7) is 1.94. The first-order valence-electron chi connectivity index (χ1n) is 6.70. The topological polar surface area (TPSA) is 85.1 Å². The number of nitrogens with zero attached hydrogens (tertiary/aromatic N) is 3. The van der Waals surface area contributed by atoms with E-state index in [2.05, 4.69) is 9.97 Å². The highest BCUT2D eigenvalue weighted by molar-refractivity contribution is 5.93. The van der Waals surface area contributed by atoms with E-state index >= 15 is 0 Å². The number of aryl methyl sites for hydroxylation is 1. The first-order chi connectivity index (χ1) is 10.6. The van der Waals surface area contributed by atoms with Crippen LogP contribution < -0.4 is 5.56 Å². The molecule has 0 amide bonds. The van der Waals surface area contributed by atoms with Gasteiger partial charge in [0.05, 0.1) is 34.4 Å². The normalized spacial score (nSPS) is 10.8. The monoisotopic (exact) mass is 295 g/mol. The summed E-state index contributed by atoms with van der Waals surface area (Å²) in [5, 5.41) is 9.45. The minimum Gasteiger partial charge on any atom is -0.478 e. The summed E-state index contributed by atoms with van der Waals surface area (Å²) in [5.74, 6) is -1.09. The van der Waals surface area contributed by atoms with Crippen LogP contribution in [0.4, 0.5) is 0 Å². The van der Waals surface area contributed by atoms with Gasteiger partial charge in [-0.25, -0.2) is 4.79 Å². The zero-order chi connectivity index (χ0) is 15.7. The van der Waals surface area contributed by atoms with Crippen molar-refractivity contribution in [2.24, 2.45) is 0 Å². The van der Waals surface area contributed by atoms with E-state index in [-0.39, 0.29) is 11.1 Å². The van der Waals surface area contributed by atoms with Gasteiger partial charge in [-0.3, -0.25) is 14.8 Å². The molecule has 3 aromatic heterocycles. The Kier molecular flexibility index (Phi) is 3.42. The molecule has 22 heavy (non-hydrogen) atoms. The van der Waals surface area contributed by atoms with Crippen LogP contribution in [0.15, 0.2) is 47.5 Å². The average Bonchev–Trinajstić information content (AvgIpc) is 2.50. The third kappa shape index (κ3) is 2.46. The van der Waals surface area contributed by atoms with Gasteiger partial charge in [0.25, 0.3) is 5.56 Å². The van der Waals surface area contributed by atoms with Crippen LogP contribution in [0, 0.1) is 6.92 Å². The second-order valence-electron chi connectivity index (χ2n) is 4.93. The molecule has 0 atom stereocenters. The summed E-state index contributed by atoms with van der Waals surface area (Å²) in [6, 6.07) is 8.57. The van der Waals surface area contributed by atoms with Gasteiger partial charge in [0.15, 0.2) is 0 Å². The average molecular weight is 295 g/mol. The highest BCUT2D eigenvalue weighted by Crippen LogP contribution is 2.13. The number of carboxylic acid groups (broad SMARTS) is 1. The lowest BCUT2D eigenvalue weighted by Gasteiger charge is -2.08. The quantitative estimate of drug-likeness (QED) is 0.797. The summed E-state index contributed by atoms with van der Waals surface area (Å²) in [4.78, 5) is 32.1. The highest BCUT2D eigenvalue weighted by atomic mass is 16.4. The largest absolute Gasteiger partial charge is 0.478 e. The molecule has 0 aromatic carbocycles. The Morgan fingerprint density at radius 1 is 1.32 bits per heavy atom. The van der Waals surface area contributed by atoms with Crippen molar-refractivity contribution >= 4 is 16.9 Å². The van der Waals surface area contributed by atoms with Crippen molar-refractivity contribution in [3.63, 3.8) is 0 Å². The van der Waals surface area contributed by atoms with E-state index in [0.29, 0.717) is 23.1 Å². The van der Waals surface area contributed by atoms with Gasteiger partial charge in [-0.2, -0.15) is 0 Å². The van der Waals surface area contributed by atoms with Gasteiger partial charge >= 0.3 is 5.97 Å². The molecule has 0 aliphatic carbocycles. The smallest absolute Gasteiger partial charge is 0.337 e. The van der Waals surface area contributed by atoms with Gasteiger partial charge in [-0.15, -0.1) is 0 Å². The number of hydrogen-bond acceptors (Lipinski definition) is 4. The Balaban J connectivity index is 2.14. The number of aromatic nitrogens is 3. The first-order valence-corrected chi connectivity index (χ1v) is 6.70. The predicted octanol–water partition coefficient (Wildman–Crippen LogP) is 1.85. The number of pyridine rings is 3. The maximum atomic E-state index is 12.5. The molecule has 0 aliphatic heterocycles. The molecule has 3 rings (SSSR count). The molecule has 110 valence electrons. The second-order valence-corrected chi connectivity index (χ2v) is 4.93. The van der Waals surface area contributed by atoms with E-state index < -0.39 is 5.97 Å². The van der Waals surface area contributed by atoms with Crippen molar-refractivity contribution < 1.29 is 9.90 Å². The van der Waals surface area contributed by atoms with Crippen LogP contribution >= 0.6 is 0 Å². The van der Waals surface area contributed by atoms with Crippen LogP contribution in [0.2, 0.25) is 0 Å². The maximum Gasteiger partial charge on any atom is 0.337 e. The minimum atomic E-state index is -1.09. The highest BCUT2D eigenvalue weighted by Gasteiger charge is 2.13. The lowest BCUT2D eigenvalue weighted by molar-refractivity contribution is 0.0696. The lowest BCUT2D eigenvalue weighted by Crippen LogP contribution is -2.21. The van der Waals surface area contributed by atoms with Gasteiger partial charge < -0.3 is 9.67 Å². The van der Waals surface area contributed by atoms with Gasteiger partial charge in [0, 0.05) is 12.4 Å². The number of hydrogen-bond donors (Lipinski definition) is 1. The number of fused-ring (bicyclic) bond motifs is 1. The Hall–Kier alpha value is -3.02. The SMILES string of the molecule is Cc1nc2ccn(Cc3ccccn3)c(=O)c2cc1C(=O)O. The Morgan fingerprint density at radius 2 is 2.14 bits per heavy atom. The molecule has 0 radical (unpaired) electrons. The van der Waals surface area contributed by atoms with Crippen LogP contribution in [0.3, 0.4) is 0 Å². The van der Waals surface area contributed by atoms with E-state index in [9.17, 15) is 9.59 Å². The van der Waals surface area contributed by atoms with E-state index in [1.807, 2.05) is 12.1 Å². The van der Waals surface area contributed by atoms with Crippen LogP contribution in [0.5, 0.6) is 0 Å². The van der Waals surface area contributed by atoms with E-state index in [1.165, 1.54) is 10.6 Å². The predicted molar refractivity (Wildman–Crippen MR) is 81.0 cm³/mol. The summed E-state index contributed by atoms with van der Waals surface area (Å²) in [7, 11) is 0. The molecule has 1 N–H and O–H groups in total. The molecular formula is C16H13N3O3. The van der Waals surface area contributed by atoms with Crippen LogP contribution in [-0.2, 0) is 6.54 Å². The molecule has 0 unspecified atom stereocenters. The molecular weight excluding hydrogens is 282 g/mol. The van der Waals surface area contributed by atoms with Gasteiger partial charge in [-0.05, 0) is 31.2 Å². The van der Waals surface area contributed by atoms with Crippen LogP contribution in [0.1, 0.15) is 21.7 Å². The standard InChI is InChI=1S/C16H13N3O3/c1-10-12(16(21)22)8-13-14(18-10)5-7-19(15(13)20)9-11-4-2-3-6-17-11/h2-8H,9H2,1H3,(H,21,22). The van der Waals surface area contributed by atoms with Crippen molar-refractivity contribution in [1.82, 2.24) is 14.5 Å². The van der Waals surface area contributed by atoms with Gasteiger partial charge in [0.1, 0.15) is 0 Å². The summed E-state index contributed by atoms with van der Waals surface area (Å²) < 4.78 is 1.49. The third-order valence-corrected chi connectivity index (χ3v) is 3.44. The fourth-order valence-corrected chi connectivity index (χ4v) is 2.31. The summed E-state index contributed by atoms with van der Waals surface area (Å²) >= 11 is 0. The molecule has 6 nitrogen and oxygen atoms in total. The van der Waals surface area contributed by atoms with E-state index in [4.69, 9.17) is 5.11 Å². The van der Waals surface area contributed by atoms with Crippen molar-refractivity contribution in [1.29, 1.82) is 0 Å². The maximum absolute atomic E-state index is 12.5. The molecule has 6 heteroatoms. The summed E-state index contributed by atoms with van der Waals surface area (Å²) in [6.07, 6.45) is 3.31. The second kappa shape index (κ2) is 5.40. The van der Waals surface area contributed by atoms with Crippen LogP contribution in [-0.4, -0.2) is 25.6 Å². The number of aromatic carboxylic acids is 1. The van der Waals surface area contributed by atoms with Crippen molar-refractivity contribution in [3.05, 3.63) is 70.0 Å². The number of carbonyl (C=O) groups is 1. The van der Waals surface area contributed by atoms with Crippen LogP contribution in [0.25, 0.3) is 10.9 Å². The fourth-order valence-electron chi connectivity index (χ4n) is 2.31. The molecule has 0 fully saturated rings. The van der Waals surface area contributed by atoms with Gasteiger partial charge in [0.2, 0.25) is 0 Å². The Labute approximate surface area is 125 Å². The molecule has 3 heterocycles. The molecule has 0 saturated carbocycles. The number of rotatable bonds is 3. The molecule has 3 aromatic rings. The summed E-state index contributed by atoms with van der Waals surface area (Å²) in [5.41, 5.74) is 1.40. The Bertz CT molecular complexity index is 917. The molecule has 0 spiro atoms. The first kappa shape index (κ1) is 13.9. The zero-order valence-corrected chi connectivity index (χ0v) is 11.9. The Morgan fingerprint density at radius 3 is 2.82 bits per heavy atom. The minimum absolute atomic E-state index is 0.0418. The van der Waals surface area contributed by atoms with Crippen molar-refractivity contribution in [3.8, 4) is 0 Å². The van der Waals surface area contributed by atoms with Gasteiger partial charge in [-0.1, -0.05) is 6.07 Å². The van der Waals surface area contributed by atoms with E-state index in [1.54, 1.807) is 31.5 Å². The fraction of sp³-hybridized carbons (Fsp3) is 0.125. The van der Waals surface area contributed by atoms with E-state index in [0.717, 1.165) is 5.69 Å². The molecule has 0 saturated heterocycles. The molecule has 0 aliphatic rings. The van der Waals surface area contributed by atoms with Crippen molar-refractivity contribution in [2.75, 3.05) is 0 Å². The molecule has 0 bridgehead atoms. The number of carboxylic acids is 1. The zero-order valence-electron chi connectivity index (χ0n) is 11.9. The third-order valence-electron chi connectivity index (χ3n) is 3.44. The lowest BCUT2D eigenvalue weighted by atomic mass is 10.1. The van der Waals surface area contributed by atoms with Crippen molar-refractivity contribution in [2.45, 2.75) is 13.5 Å².